The zero-order valence-electron chi connectivity index (χ0n) is 13.1. The second kappa shape index (κ2) is 7.29. The summed E-state index contributed by atoms with van der Waals surface area (Å²) in [6.45, 7) is 3.00. The van der Waals surface area contributed by atoms with Crippen LogP contribution >= 0.6 is 0 Å². The van der Waals surface area contributed by atoms with E-state index in [1.807, 2.05) is 36.4 Å². The lowest BCUT2D eigenvalue weighted by Gasteiger charge is -2.40. The summed E-state index contributed by atoms with van der Waals surface area (Å²) in [7, 11) is 0. The number of carbonyl (C=O) groups is 1. The summed E-state index contributed by atoms with van der Waals surface area (Å²) in [6.07, 6.45) is -0.0522. The number of carboxylic acid groups (broad SMARTS) is 1. The molecule has 3 rings (SSSR count). The van der Waals surface area contributed by atoms with E-state index in [-0.39, 0.29) is 6.04 Å². The number of benzene rings is 2. The summed E-state index contributed by atoms with van der Waals surface area (Å²) in [5.41, 5.74) is 2.46. The number of rotatable bonds is 4. The first kappa shape index (κ1) is 15.6. The molecule has 2 aromatic rings. The van der Waals surface area contributed by atoms with Crippen molar-refractivity contribution in [3.05, 3.63) is 71.8 Å². The Morgan fingerprint density at radius 2 is 1.57 bits per heavy atom. The lowest BCUT2D eigenvalue weighted by molar-refractivity contribution is 0.0645. The van der Waals surface area contributed by atoms with E-state index in [4.69, 9.17) is 0 Å². The van der Waals surface area contributed by atoms with E-state index in [0.29, 0.717) is 6.54 Å². The molecule has 23 heavy (non-hydrogen) atoms. The zero-order valence-corrected chi connectivity index (χ0v) is 13.1. The lowest BCUT2D eigenvalue weighted by Crippen LogP contribution is -2.55. The Hall–Kier alpha value is -2.33. The summed E-state index contributed by atoms with van der Waals surface area (Å²) in [4.78, 5) is 15.5. The molecule has 0 aliphatic carbocycles. The van der Waals surface area contributed by atoms with Crippen molar-refractivity contribution in [3.8, 4) is 0 Å². The van der Waals surface area contributed by atoms with Crippen LogP contribution in [0.5, 0.6) is 0 Å². The molecule has 1 atom stereocenters. The van der Waals surface area contributed by atoms with Crippen LogP contribution in [0.25, 0.3) is 0 Å². The van der Waals surface area contributed by atoms with E-state index in [0.717, 1.165) is 26.1 Å². The summed E-state index contributed by atoms with van der Waals surface area (Å²) in [5, 5.41) is 9.47. The molecule has 1 saturated heterocycles. The van der Waals surface area contributed by atoms with Gasteiger partial charge in [-0.15, -0.1) is 0 Å². The Labute approximate surface area is 137 Å². The topological polar surface area (TPSA) is 43.8 Å². The van der Waals surface area contributed by atoms with Crippen molar-refractivity contribution < 1.29 is 9.90 Å². The average molecular weight is 310 g/mol. The summed E-state index contributed by atoms with van der Waals surface area (Å²) < 4.78 is 0. The quantitative estimate of drug-likeness (QED) is 0.944. The fourth-order valence-electron chi connectivity index (χ4n) is 3.22. The fraction of sp³-hybridized carbons (Fsp3) is 0.316. The van der Waals surface area contributed by atoms with Crippen molar-refractivity contribution in [1.82, 2.24) is 9.80 Å². The predicted molar refractivity (Wildman–Crippen MR) is 90.4 cm³/mol. The Morgan fingerprint density at radius 3 is 2.17 bits per heavy atom. The highest BCUT2D eigenvalue weighted by atomic mass is 16.4. The number of hydrogen-bond acceptors (Lipinski definition) is 2. The third-order valence-electron chi connectivity index (χ3n) is 4.38. The summed E-state index contributed by atoms with van der Waals surface area (Å²) >= 11 is 0. The standard InChI is InChI=1S/C19H22N2O2/c22-19(23)21-12-11-20(14-17-9-5-2-6-10-17)15-18(21)13-16-7-3-1-4-8-16/h1-10,18H,11-15H2,(H,22,23). The van der Waals surface area contributed by atoms with Crippen LogP contribution in [-0.4, -0.2) is 46.7 Å². The minimum absolute atomic E-state index is 0.00682. The maximum Gasteiger partial charge on any atom is 0.407 e. The molecule has 1 fully saturated rings. The predicted octanol–water partition coefficient (Wildman–Crippen LogP) is 3.09. The van der Waals surface area contributed by atoms with Crippen molar-refractivity contribution >= 4 is 6.09 Å². The SMILES string of the molecule is O=C(O)N1CCN(Cc2ccccc2)CC1Cc1ccccc1. The summed E-state index contributed by atoms with van der Waals surface area (Å²) in [5.74, 6) is 0. The molecule has 1 amide bonds. The first-order valence-corrected chi connectivity index (χ1v) is 8.02. The molecule has 0 spiro atoms. The Bertz CT molecular complexity index is 630. The second-order valence-electron chi connectivity index (χ2n) is 6.04. The molecule has 0 radical (unpaired) electrons. The highest BCUT2D eigenvalue weighted by molar-refractivity contribution is 5.65. The van der Waals surface area contributed by atoms with Crippen LogP contribution in [0, 0.1) is 0 Å². The molecule has 1 aliphatic rings. The largest absolute Gasteiger partial charge is 0.465 e. The first-order chi connectivity index (χ1) is 11.2. The molecule has 1 heterocycles. The van der Waals surface area contributed by atoms with Crippen molar-refractivity contribution in [2.45, 2.75) is 19.0 Å². The summed E-state index contributed by atoms with van der Waals surface area (Å²) in [6, 6.07) is 20.5. The third kappa shape index (κ3) is 4.11. The molecule has 1 N–H and O–H groups in total. The molecular weight excluding hydrogens is 288 g/mol. The van der Waals surface area contributed by atoms with Gasteiger partial charge in [0.15, 0.2) is 0 Å². The Kier molecular flexibility index (Phi) is 4.93. The van der Waals surface area contributed by atoms with Crippen LogP contribution in [-0.2, 0) is 13.0 Å². The van der Waals surface area contributed by atoms with Crippen molar-refractivity contribution in [2.24, 2.45) is 0 Å². The smallest absolute Gasteiger partial charge is 0.407 e. The van der Waals surface area contributed by atoms with Crippen LogP contribution in [0.4, 0.5) is 4.79 Å². The van der Waals surface area contributed by atoms with Crippen LogP contribution in [0.2, 0.25) is 0 Å². The molecule has 0 saturated carbocycles. The van der Waals surface area contributed by atoms with E-state index in [1.54, 1.807) is 4.90 Å². The maximum absolute atomic E-state index is 11.5. The Morgan fingerprint density at radius 1 is 0.957 bits per heavy atom. The van der Waals surface area contributed by atoms with Gasteiger partial charge in [0.1, 0.15) is 0 Å². The number of piperazine rings is 1. The molecule has 2 aromatic carbocycles. The van der Waals surface area contributed by atoms with Gasteiger partial charge in [0.2, 0.25) is 0 Å². The molecule has 4 nitrogen and oxygen atoms in total. The van der Waals surface area contributed by atoms with Gasteiger partial charge < -0.3 is 10.0 Å². The van der Waals surface area contributed by atoms with Gasteiger partial charge in [0.05, 0.1) is 6.04 Å². The number of nitrogens with zero attached hydrogens (tertiary/aromatic N) is 2. The molecule has 0 bridgehead atoms. The van der Waals surface area contributed by atoms with Crippen molar-refractivity contribution in [1.29, 1.82) is 0 Å². The fourth-order valence-corrected chi connectivity index (χ4v) is 3.22. The van der Waals surface area contributed by atoms with Crippen LogP contribution in [0.3, 0.4) is 0 Å². The Balaban J connectivity index is 1.69. The molecule has 0 aromatic heterocycles. The van der Waals surface area contributed by atoms with Crippen LogP contribution < -0.4 is 0 Å². The van der Waals surface area contributed by atoms with E-state index >= 15 is 0 Å². The molecule has 1 aliphatic heterocycles. The first-order valence-electron chi connectivity index (χ1n) is 8.02. The van der Waals surface area contributed by atoms with E-state index in [2.05, 4.69) is 29.2 Å². The molecule has 120 valence electrons. The minimum atomic E-state index is -0.815. The zero-order chi connectivity index (χ0) is 16.1. The van der Waals surface area contributed by atoms with E-state index < -0.39 is 6.09 Å². The monoisotopic (exact) mass is 310 g/mol. The number of hydrogen-bond donors (Lipinski definition) is 1. The van der Waals surface area contributed by atoms with Crippen LogP contribution in [0.15, 0.2) is 60.7 Å². The van der Waals surface area contributed by atoms with Gasteiger partial charge in [0.25, 0.3) is 0 Å². The van der Waals surface area contributed by atoms with Gasteiger partial charge >= 0.3 is 6.09 Å². The van der Waals surface area contributed by atoms with Gasteiger partial charge in [-0.3, -0.25) is 4.90 Å². The van der Waals surface area contributed by atoms with Gasteiger partial charge in [-0.05, 0) is 17.5 Å². The highest BCUT2D eigenvalue weighted by Gasteiger charge is 2.30. The average Bonchev–Trinajstić information content (AvgIpc) is 2.57. The minimum Gasteiger partial charge on any atom is -0.465 e. The van der Waals surface area contributed by atoms with E-state index in [1.165, 1.54) is 11.1 Å². The van der Waals surface area contributed by atoms with Crippen molar-refractivity contribution in [3.63, 3.8) is 0 Å². The molecular formula is C19H22N2O2. The van der Waals surface area contributed by atoms with E-state index in [9.17, 15) is 9.90 Å². The third-order valence-corrected chi connectivity index (χ3v) is 4.38. The van der Waals surface area contributed by atoms with Gasteiger partial charge in [-0.1, -0.05) is 60.7 Å². The second-order valence-corrected chi connectivity index (χ2v) is 6.04. The van der Waals surface area contributed by atoms with Crippen molar-refractivity contribution in [2.75, 3.05) is 19.6 Å². The maximum atomic E-state index is 11.5. The molecule has 1 unspecified atom stereocenters. The van der Waals surface area contributed by atoms with Crippen LogP contribution in [0.1, 0.15) is 11.1 Å². The van der Waals surface area contributed by atoms with Gasteiger partial charge in [-0.2, -0.15) is 0 Å². The number of amides is 1. The highest BCUT2D eigenvalue weighted by Crippen LogP contribution is 2.17. The van der Waals surface area contributed by atoms with Gasteiger partial charge in [-0.25, -0.2) is 4.79 Å². The normalized spacial score (nSPS) is 18.8. The molecule has 4 heteroatoms. The van der Waals surface area contributed by atoms with Gasteiger partial charge in [0, 0.05) is 26.2 Å². The lowest BCUT2D eigenvalue weighted by atomic mass is 10.0.